The molecule has 2 heterocycles. The summed E-state index contributed by atoms with van der Waals surface area (Å²) in [4.78, 5) is 30.6. The van der Waals surface area contributed by atoms with Crippen molar-refractivity contribution in [1.82, 2.24) is 5.43 Å². The highest BCUT2D eigenvalue weighted by Crippen LogP contribution is 2.19. The first-order chi connectivity index (χ1) is 13.1. The number of halogens is 1. The van der Waals surface area contributed by atoms with Crippen LogP contribution in [0.25, 0.3) is 0 Å². The minimum Gasteiger partial charge on any atom is -0.267 e. The summed E-state index contributed by atoms with van der Waals surface area (Å²) in [5.74, 6) is -0.988. The molecule has 27 heavy (non-hydrogen) atoms. The quantitative estimate of drug-likeness (QED) is 0.477. The Labute approximate surface area is 169 Å². The van der Waals surface area contributed by atoms with Crippen molar-refractivity contribution in [2.75, 3.05) is 0 Å². The van der Waals surface area contributed by atoms with Crippen molar-refractivity contribution in [2.24, 2.45) is 10.1 Å². The van der Waals surface area contributed by atoms with Gasteiger partial charge < -0.3 is 0 Å². The summed E-state index contributed by atoms with van der Waals surface area (Å²) in [6.07, 6.45) is 1.75. The number of aliphatic imine (C=N–C) groups is 1. The second-order valence-electron chi connectivity index (χ2n) is 5.33. The standard InChI is InChI=1S/C19H14ClN3O2S2/c20-17-9-8-15(27-17)12-21-23-19(25)16(11-14-7-4-10-26-14)22-18(24)13-5-2-1-3-6-13/h1-10,12H,11H2,(H,23,25)/b21-12+,22-16?. The highest BCUT2D eigenvalue weighted by atomic mass is 35.5. The van der Waals surface area contributed by atoms with Gasteiger partial charge in [0.2, 0.25) is 0 Å². The summed E-state index contributed by atoms with van der Waals surface area (Å²) in [6, 6.07) is 15.9. The van der Waals surface area contributed by atoms with Crippen molar-refractivity contribution in [3.05, 3.63) is 79.6 Å². The molecule has 3 rings (SSSR count). The van der Waals surface area contributed by atoms with Gasteiger partial charge in [0.15, 0.2) is 0 Å². The van der Waals surface area contributed by atoms with Crippen LogP contribution >= 0.6 is 34.3 Å². The number of rotatable bonds is 6. The van der Waals surface area contributed by atoms with Gasteiger partial charge in [-0.3, -0.25) is 9.59 Å². The Morgan fingerprint density at radius 1 is 1.07 bits per heavy atom. The molecule has 0 atom stereocenters. The van der Waals surface area contributed by atoms with Crippen LogP contribution in [-0.2, 0) is 11.2 Å². The number of hydrazone groups is 1. The Kier molecular flexibility index (Phi) is 6.64. The van der Waals surface area contributed by atoms with Crippen LogP contribution in [0.3, 0.4) is 0 Å². The predicted molar refractivity (Wildman–Crippen MR) is 111 cm³/mol. The van der Waals surface area contributed by atoms with Gasteiger partial charge in [0.1, 0.15) is 5.71 Å². The zero-order valence-corrected chi connectivity index (χ0v) is 16.4. The van der Waals surface area contributed by atoms with Crippen LogP contribution in [0.5, 0.6) is 0 Å². The van der Waals surface area contributed by atoms with E-state index < -0.39 is 11.8 Å². The highest BCUT2D eigenvalue weighted by Gasteiger charge is 2.15. The number of thiophene rings is 2. The van der Waals surface area contributed by atoms with Crippen LogP contribution in [0.15, 0.2) is 70.1 Å². The van der Waals surface area contributed by atoms with E-state index in [2.05, 4.69) is 15.5 Å². The van der Waals surface area contributed by atoms with Crippen molar-refractivity contribution < 1.29 is 9.59 Å². The second kappa shape index (κ2) is 9.36. The van der Waals surface area contributed by atoms with E-state index in [4.69, 9.17) is 11.6 Å². The number of hydrogen-bond donors (Lipinski definition) is 1. The van der Waals surface area contributed by atoms with Gasteiger partial charge in [-0.15, -0.1) is 22.7 Å². The van der Waals surface area contributed by atoms with Crippen molar-refractivity contribution in [3.63, 3.8) is 0 Å². The van der Waals surface area contributed by atoms with E-state index in [1.807, 2.05) is 23.6 Å². The van der Waals surface area contributed by atoms with Gasteiger partial charge >= 0.3 is 0 Å². The number of nitrogens with zero attached hydrogens (tertiary/aromatic N) is 2. The zero-order chi connectivity index (χ0) is 19.1. The molecule has 136 valence electrons. The van der Waals surface area contributed by atoms with Crippen molar-refractivity contribution in [2.45, 2.75) is 6.42 Å². The van der Waals surface area contributed by atoms with E-state index in [-0.39, 0.29) is 12.1 Å². The van der Waals surface area contributed by atoms with Gasteiger partial charge in [0.25, 0.3) is 11.8 Å². The van der Waals surface area contributed by atoms with Crippen molar-refractivity contribution in [3.8, 4) is 0 Å². The lowest BCUT2D eigenvalue weighted by molar-refractivity contribution is -0.114. The van der Waals surface area contributed by atoms with E-state index in [9.17, 15) is 9.59 Å². The summed E-state index contributed by atoms with van der Waals surface area (Å²) >= 11 is 8.69. The van der Waals surface area contributed by atoms with Crippen molar-refractivity contribution in [1.29, 1.82) is 0 Å². The molecule has 0 radical (unpaired) electrons. The molecule has 1 N–H and O–H groups in total. The fourth-order valence-corrected chi connectivity index (χ4v) is 3.78. The normalized spacial score (nSPS) is 11.7. The number of hydrogen-bond acceptors (Lipinski definition) is 5. The molecule has 0 unspecified atom stereocenters. The minimum atomic E-state index is -0.522. The molecule has 0 aliphatic heterocycles. The molecule has 0 saturated heterocycles. The van der Waals surface area contributed by atoms with Crippen LogP contribution in [0.1, 0.15) is 20.1 Å². The number of amides is 2. The first-order valence-corrected chi connectivity index (χ1v) is 9.97. The number of carbonyl (C=O) groups is 2. The third-order valence-electron chi connectivity index (χ3n) is 3.39. The Bertz CT molecular complexity index is 980. The summed E-state index contributed by atoms with van der Waals surface area (Å²) in [6.45, 7) is 0. The SMILES string of the molecule is O=C(N/N=C/c1ccc(Cl)s1)C(Cc1cccs1)=NC(=O)c1ccccc1. The molecular formula is C19H14ClN3O2S2. The van der Waals surface area contributed by atoms with Gasteiger partial charge in [-0.25, -0.2) is 10.4 Å². The lowest BCUT2D eigenvalue weighted by atomic mass is 10.2. The van der Waals surface area contributed by atoms with E-state index in [1.165, 1.54) is 28.9 Å². The van der Waals surface area contributed by atoms with E-state index in [0.717, 1.165) is 9.75 Å². The molecule has 0 saturated carbocycles. The Balaban J connectivity index is 1.76. The summed E-state index contributed by atoms with van der Waals surface area (Å²) in [7, 11) is 0. The molecule has 8 heteroatoms. The third-order valence-corrected chi connectivity index (χ3v) is 5.44. The fraction of sp³-hybridized carbons (Fsp3) is 0.0526. The molecule has 0 bridgehead atoms. The molecule has 1 aromatic carbocycles. The largest absolute Gasteiger partial charge is 0.286 e. The molecule has 0 spiro atoms. The van der Waals surface area contributed by atoms with Gasteiger partial charge in [-0.05, 0) is 35.7 Å². The number of benzene rings is 1. The average molecular weight is 416 g/mol. The van der Waals surface area contributed by atoms with Gasteiger partial charge in [-0.2, -0.15) is 5.10 Å². The molecular weight excluding hydrogens is 402 g/mol. The fourth-order valence-electron chi connectivity index (χ4n) is 2.13. The van der Waals surface area contributed by atoms with Crippen molar-refractivity contribution >= 4 is 58.0 Å². The van der Waals surface area contributed by atoms with Crippen LogP contribution in [0.4, 0.5) is 0 Å². The highest BCUT2D eigenvalue weighted by molar-refractivity contribution is 7.17. The maximum absolute atomic E-state index is 12.5. The van der Waals surface area contributed by atoms with E-state index in [1.54, 1.807) is 36.4 Å². The van der Waals surface area contributed by atoms with Gasteiger partial charge in [0.05, 0.1) is 10.6 Å². The molecule has 3 aromatic rings. The third kappa shape index (κ3) is 5.68. The molecule has 2 amide bonds. The van der Waals surface area contributed by atoms with Gasteiger partial charge in [-0.1, -0.05) is 35.9 Å². The van der Waals surface area contributed by atoms with Crippen LogP contribution < -0.4 is 5.43 Å². The Morgan fingerprint density at radius 3 is 2.56 bits per heavy atom. The maximum atomic E-state index is 12.5. The molecule has 2 aromatic heterocycles. The summed E-state index contributed by atoms with van der Waals surface area (Å²) < 4.78 is 0.635. The topological polar surface area (TPSA) is 70.9 Å². The predicted octanol–water partition coefficient (Wildman–Crippen LogP) is 4.44. The Morgan fingerprint density at radius 2 is 1.89 bits per heavy atom. The average Bonchev–Trinajstić information content (AvgIpc) is 3.33. The summed E-state index contributed by atoms with van der Waals surface area (Å²) in [5.41, 5.74) is 2.95. The maximum Gasteiger partial charge on any atom is 0.286 e. The summed E-state index contributed by atoms with van der Waals surface area (Å²) in [5, 5.41) is 5.83. The smallest absolute Gasteiger partial charge is 0.267 e. The minimum absolute atomic E-state index is 0.104. The first kappa shape index (κ1) is 19.2. The molecule has 0 fully saturated rings. The van der Waals surface area contributed by atoms with Crippen LogP contribution in [0, 0.1) is 0 Å². The first-order valence-electron chi connectivity index (χ1n) is 7.90. The van der Waals surface area contributed by atoms with Gasteiger partial charge in [0, 0.05) is 21.7 Å². The van der Waals surface area contributed by atoms with E-state index >= 15 is 0 Å². The molecule has 5 nitrogen and oxygen atoms in total. The lowest BCUT2D eigenvalue weighted by Gasteiger charge is -2.04. The zero-order valence-electron chi connectivity index (χ0n) is 14.0. The second-order valence-corrected chi connectivity index (χ2v) is 8.11. The number of nitrogens with one attached hydrogen (secondary N) is 1. The monoisotopic (exact) mass is 415 g/mol. The molecule has 0 aliphatic rings. The number of carbonyl (C=O) groups excluding carboxylic acids is 2. The Hall–Kier alpha value is -2.61. The van der Waals surface area contributed by atoms with Crippen LogP contribution in [-0.4, -0.2) is 23.7 Å². The molecule has 0 aliphatic carbocycles. The van der Waals surface area contributed by atoms with E-state index in [0.29, 0.717) is 9.90 Å². The lowest BCUT2D eigenvalue weighted by Crippen LogP contribution is -2.29. The van der Waals surface area contributed by atoms with Crippen LogP contribution in [0.2, 0.25) is 4.34 Å².